The summed E-state index contributed by atoms with van der Waals surface area (Å²) in [4.78, 5) is 10.4. The van der Waals surface area contributed by atoms with Crippen LogP contribution in [0.3, 0.4) is 0 Å². The van der Waals surface area contributed by atoms with Crippen LogP contribution in [0.2, 0.25) is 5.02 Å². The molecule has 0 bridgehead atoms. The van der Waals surface area contributed by atoms with Crippen molar-refractivity contribution >= 4 is 45.0 Å². The number of nitro groups is 1. The molecule has 3 rings (SSSR count). The van der Waals surface area contributed by atoms with Crippen molar-refractivity contribution in [2.45, 2.75) is 10.9 Å². The fourth-order valence-corrected chi connectivity index (χ4v) is 3.32. The van der Waals surface area contributed by atoms with E-state index in [1.807, 2.05) is 24.3 Å². The third-order valence-electron chi connectivity index (χ3n) is 3.03. The Labute approximate surface area is 154 Å². The molecule has 0 radical (unpaired) electrons. The summed E-state index contributed by atoms with van der Waals surface area (Å²) in [5.41, 5.74) is 1.51. The van der Waals surface area contributed by atoms with Gasteiger partial charge in [-0.15, -0.1) is 5.10 Å². The lowest BCUT2D eigenvalue weighted by Gasteiger charge is -2.05. The molecular formula is C14H9BrClN5O2S. The summed E-state index contributed by atoms with van der Waals surface area (Å²) in [5.74, 6) is 0.457. The van der Waals surface area contributed by atoms with Crippen molar-refractivity contribution < 1.29 is 4.92 Å². The van der Waals surface area contributed by atoms with Gasteiger partial charge >= 0.3 is 0 Å². The van der Waals surface area contributed by atoms with E-state index < -0.39 is 4.92 Å². The maximum absolute atomic E-state index is 10.9. The zero-order chi connectivity index (χ0) is 17.1. The van der Waals surface area contributed by atoms with E-state index in [0.717, 1.165) is 15.7 Å². The van der Waals surface area contributed by atoms with Gasteiger partial charge in [-0.2, -0.15) is 4.68 Å². The fourth-order valence-electron chi connectivity index (χ4n) is 1.98. The van der Waals surface area contributed by atoms with Crippen molar-refractivity contribution in [1.82, 2.24) is 20.2 Å². The second-order valence-corrected chi connectivity index (χ2v) is 7.01. The number of aromatic nitrogens is 4. The summed E-state index contributed by atoms with van der Waals surface area (Å²) in [6.45, 7) is 0. The van der Waals surface area contributed by atoms with Gasteiger partial charge < -0.3 is 0 Å². The first-order chi connectivity index (χ1) is 11.5. The molecule has 3 aromatic rings. The van der Waals surface area contributed by atoms with Gasteiger partial charge in [-0.3, -0.25) is 10.1 Å². The van der Waals surface area contributed by atoms with Crippen molar-refractivity contribution in [3.8, 4) is 5.69 Å². The number of nitro benzene ring substituents is 1. The predicted molar refractivity (Wildman–Crippen MR) is 94.5 cm³/mol. The second kappa shape index (κ2) is 7.29. The Morgan fingerprint density at radius 1 is 1.25 bits per heavy atom. The Morgan fingerprint density at radius 2 is 2.00 bits per heavy atom. The van der Waals surface area contributed by atoms with E-state index in [1.54, 1.807) is 10.7 Å². The minimum Gasteiger partial charge on any atom is -0.258 e. The van der Waals surface area contributed by atoms with Crippen LogP contribution in [0.15, 0.2) is 52.1 Å². The number of non-ortho nitro benzene ring substituents is 1. The summed E-state index contributed by atoms with van der Waals surface area (Å²) in [6, 6.07) is 12.1. The number of tetrazole rings is 1. The predicted octanol–water partition coefficient (Wildman–Crippen LogP) is 4.28. The molecule has 0 unspecified atom stereocenters. The van der Waals surface area contributed by atoms with Gasteiger partial charge in [-0.1, -0.05) is 39.3 Å². The van der Waals surface area contributed by atoms with E-state index in [-0.39, 0.29) is 5.69 Å². The van der Waals surface area contributed by atoms with Crippen LogP contribution in [-0.4, -0.2) is 25.1 Å². The van der Waals surface area contributed by atoms with Crippen molar-refractivity contribution in [3.63, 3.8) is 0 Å². The highest BCUT2D eigenvalue weighted by molar-refractivity contribution is 9.10. The smallest absolute Gasteiger partial charge is 0.258 e. The molecule has 24 heavy (non-hydrogen) atoms. The Bertz CT molecular complexity index is 887. The fraction of sp³-hybridized carbons (Fsp3) is 0.0714. The maximum Gasteiger partial charge on any atom is 0.271 e. The van der Waals surface area contributed by atoms with Gasteiger partial charge in [-0.05, 0) is 46.3 Å². The van der Waals surface area contributed by atoms with Crippen molar-refractivity contribution in [2.24, 2.45) is 0 Å². The largest absolute Gasteiger partial charge is 0.271 e. The van der Waals surface area contributed by atoms with E-state index >= 15 is 0 Å². The Hall–Kier alpha value is -1.97. The molecule has 10 heteroatoms. The van der Waals surface area contributed by atoms with Crippen LogP contribution >= 0.6 is 39.3 Å². The minimum absolute atomic E-state index is 0.0365. The first-order valence-corrected chi connectivity index (χ1v) is 8.79. The Kier molecular flexibility index (Phi) is 5.12. The minimum atomic E-state index is -0.466. The molecule has 0 N–H and O–H groups in total. The number of hydrogen-bond donors (Lipinski definition) is 0. The lowest BCUT2D eigenvalue weighted by atomic mass is 10.2. The van der Waals surface area contributed by atoms with E-state index in [9.17, 15) is 10.1 Å². The lowest BCUT2D eigenvalue weighted by molar-refractivity contribution is -0.384. The van der Waals surface area contributed by atoms with Gasteiger partial charge in [-0.25, -0.2) is 0 Å². The molecule has 2 aromatic carbocycles. The zero-order valence-corrected chi connectivity index (χ0v) is 15.1. The molecule has 1 heterocycles. The lowest BCUT2D eigenvalue weighted by Crippen LogP contribution is -1.99. The number of nitrogens with zero attached hydrogens (tertiary/aromatic N) is 5. The van der Waals surface area contributed by atoms with E-state index in [2.05, 4.69) is 31.5 Å². The topological polar surface area (TPSA) is 86.7 Å². The third kappa shape index (κ3) is 3.92. The van der Waals surface area contributed by atoms with E-state index in [0.29, 0.717) is 15.9 Å². The van der Waals surface area contributed by atoms with E-state index in [4.69, 9.17) is 11.6 Å². The van der Waals surface area contributed by atoms with Gasteiger partial charge in [0.05, 0.1) is 10.6 Å². The third-order valence-corrected chi connectivity index (χ3v) is 4.77. The number of halogens is 2. The van der Waals surface area contributed by atoms with Crippen LogP contribution in [0.1, 0.15) is 5.56 Å². The molecule has 0 fully saturated rings. The second-order valence-electron chi connectivity index (χ2n) is 4.71. The summed E-state index contributed by atoms with van der Waals surface area (Å²) >= 11 is 10.7. The SMILES string of the molecule is O=[N+]([O-])c1cc(Cl)cc(CSc2nnnn2-c2ccc(Br)cc2)c1. The molecule has 0 saturated carbocycles. The number of thioether (sulfide) groups is 1. The maximum atomic E-state index is 10.9. The van der Waals surface area contributed by atoms with Crippen molar-refractivity contribution in [1.29, 1.82) is 0 Å². The van der Waals surface area contributed by atoms with Crippen LogP contribution < -0.4 is 0 Å². The molecule has 122 valence electrons. The van der Waals surface area contributed by atoms with Crippen LogP contribution in [0.4, 0.5) is 5.69 Å². The molecule has 1 aromatic heterocycles. The highest BCUT2D eigenvalue weighted by Gasteiger charge is 2.12. The highest BCUT2D eigenvalue weighted by atomic mass is 79.9. The molecule has 0 aliphatic heterocycles. The molecule has 0 aliphatic rings. The van der Waals surface area contributed by atoms with Gasteiger partial charge in [0.1, 0.15) is 0 Å². The Balaban J connectivity index is 1.80. The van der Waals surface area contributed by atoms with Crippen LogP contribution in [-0.2, 0) is 5.75 Å². The molecule has 0 atom stereocenters. The van der Waals surface area contributed by atoms with Gasteiger partial charge in [0, 0.05) is 27.4 Å². The summed E-state index contributed by atoms with van der Waals surface area (Å²) in [7, 11) is 0. The van der Waals surface area contributed by atoms with Crippen molar-refractivity contribution in [3.05, 3.63) is 67.6 Å². The van der Waals surface area contributed by atoms with Crippen LogP contribution in [0, 0.1) is 10.1 Å². The molecule has 0 aliphatic carbocycles. The Morgan fingerprint density at radius 3 is 2.71 bits per heavy atom. The molecule has 0 saturated heterocycles. The number of rotatable bonds is 5. The van der Waals surface area contributed by atoms with Crippen LogP contribution in [0.5, 0.6) is 0 Å². The average molecular weight is 427 g/mol. The van der Waals surface area contributed by atoms with Gasteiger partial charge in [0.25, 0.3) is 5.69 Å². The summed E-state index contributed by atoms with van der Waals surface area (Å²) < 4.78 is 2.57. The first kappa shape index (κ1) is 16.9. The zero-order valence-electron chi connectivity index (χ0n) is 12.0. The van der Waals surface area contributed by atoms with E-state index in [1.165, 1.54) is 23.9 Å². The summed E-state index contributed by atoms with van der Waals surface area (Å²) in [5, 5.41) is 23.5. The molecule has 7 nitrogen and oxygen atoms in total. The quantitative estimate of drug-likeness (QED) is 0.344. The highest BCUT2D eigenvalue weighted by Crippen LogP contribution is 2.27. The molecule has 0 amide bonds. The number of benzene rings is 2. The summed E-state index contributed by atoms with van der Waals surface area (Å²) in [6.07, 6.45) is 0. The average Bonchev–Trinajstić information content (AvgIpc) is 3.01. The van der Waals surface area contributed by atoms with Gasteiger partial charge in [0.15, 0.2) is 0 Å². The first-order valence-electron chi connectivity index (χ1n) is 6.64. The molecular weight excluding hydrogens is 418 g/mol. The number of hydrogen-bond acceptors (Lipinski definition) is 6. The standard InChI is InChI=1S/C14H9BrClN5O2S/c15-10-1-3-12(4-2-10)20-14(17-18-19-20)24-8-9-5-11(16)7-13(6-9)21(22)23/h1-7H,8H2. The normalized spacial score (nSPS) is 10.8. The van der Waals surface area contributed by atoms with Gasteiger partial charge in [0.2, 0.25) is 5.16 Å². The monoisotopic (exact) mass is 425 g/mol. The van der Waals surface area contributed by atoms with Crippen molar-refractivity contribution in [2.75, 3.05) is 0 Å². The van der Waals surface area contributed by atoms with Crippen LogP contribution in [0.25, 0.3) is 5.69 Å². The molecule has 0 spiro atoms.